The van der Waals surface area contributed by atoms with Crippen LogP contribution in [-0.4, -0.2) is 22.4 Å². The number of rotatable bonds is 4. The van der Waals surface area contributed by atoms with E-state index in [9.17, 15) is 4.79 Å². The highest BCUT2D eigenvalue weighted by molar-refractivity contribution is 5.88. The van der Waals surface area contributed by atoms with Gasteiger partial charge in [0.1, 0.15) is 0 Å². The third-order valence-electron chi connectivity index (χ3n) is 3.64. The standard InChI is InChI=1S/C15H18N4O/c1-19-10-13(9-17-19)18-15(20)16-8-12-7-14(12)11-5-3-2-4-6-11/h2-6,9-10,12,14H,7-8H2,1H3,(H2,16,18,20). The Morgan fingerprint density at radius 2 is 2.20 bits per heavy atom. The molecule has 2 amide bonds. The van der Waals surface area contributed by atoms with Crippen LogP contribution in [0.4, 0.5) is 10.5 Å². The number of amides is 2. The van der Waals surface area contributed by atoms with Gasteiger partial charge in [0.05, 0.1) is 11.9 Å². The first-order chi connectivity index (χ1) is 9.72. The zero-order chi connectivity index (χ0) is 13.9. The summed E-state index contributed by atoms with van der Waals surface area (Å²) in [6.07, 6.45) is 4.55. The van der Waals surface area contributed by atoms with E-state index in [1.165, 1.54) is 5.56 Å². The molecule has 1 fully saturated rings. The van der Waals surface area contributed by atoms with E-state index in [0.29, 0.717) is 24.1 Å². The maximum atomic E-state index is 11.7. The lowest BCUT2D eigenvalue weighted by atomic mass is 10.1. The van der Waals surface area contributed by atoms with Crippen molar-refractivity contribution < 1.29 is 4.79 Å². The number of urea groups is 1. The van der Waals surface area contributed by atoms with E-state index in [1.807, 2.05) is 13.1 Å². The molecule has 0 spiro atoms. The summed E-state index contributed by atoms with van der Waals surface area (Å²) in [4.78, 5) is 11.7. The molecule has 2 atom stereocenters. The second kappa shape index (κ2) is 5.36. The van der Waals surface area contributed by atoms with Crippen molar-refractivity contribution in [3.63, 3.8) is 0 Å². The Balaban J connectivity index is 1.44. The number of hydrogen-bond donors (Lipinski definition) is 2. The molecular weight excluding hydrogens is 252 g/mol. The monoisotopic (exact) mass is 270 g/mol. The first kappa shape index (κ1) is 12.7. The van der Waals surface area contributed by atoms with Gasteiger partial charge in [0.2, 0.25) is 0 Å². The fourth-order valence-electron chi connectivity index (χ4n) is 2.47. The van der Waals surface area contributed by atoms with E-state index in [1.54, 1.807) is 17.1 Å². The fraction of sp³-hybridized carbons (Fsp3) is 0.333. The van der Waals surface area contributed by atoms with E-state index >= 15 is 0 Å². The number of carbonyl (C=O) groups excluding carboxylic acids is 1. The minimum atomic E-state index is -0.170. The van der Waals surface area contributed by atoms with Gasteiger partial charge in [-0.2, -0.15) is 5.10 Å². The lowest BCUT2D eigenvalue weighted by molar-refractivity contribution is 0.251. The Morgan fingerprint density at radius 1 is 1.40 bits per heavy atom. The van der Waals surface area contributed by atoms with Crippen LogP contribution in [0.25, 0.3) is 0 Å². The number of anilines is 1. The van der Waals surface area contributed by atoms with Crippen molar-refractivity contribution >= 4 is 11.7 Å². The second-order valence-corrected chi connectivity index (χ2v) is 5.25. The molecule has 1 heterocycles. The average molecular weight is 270 g/mol. The summed E-state index contributed by atoms with van der Waals surface area (Å²) in [7, 11) is 1.82. The quantitative estimate of drug-likeness (QED) is 0.896. The molecular formula is C15H18N4O. The highest BCUT2D eigenvalue weighted by Gasteiger charge is 2.37. The van der Waals surface area contributed by atoms with Gasteiger partial charge >= 0.3 is 6.03 Å². The van der Waals surface area contributed by atoms with E-state index in [2.05, 4.69) is 40.0 Å². The number of carbonyl (C=O) groups is 1. The maximum Gasteiger partial charge on any atom is 0.319 e. The molecule has 20 heavy (non-hydrogen) atoms. The molecule has 0 radical (unpaired) electrons. The van der Waals surface area contributed by atoms with Crippen LogP contribution >= 0.6 is 0 Å². The van der Waals surface area contributed by atoms with Crippen molar-refractivity contribution in [1.29, 1.82) is 0 Å². The van der Waals surface area contributed by atoms with Crippen LogP contribution < -0.4 is 10.6 Å². The molecule has 1 aliphatic rings. The topological polar surface area (TPSA) is 59.0 Å². The normalized spacial score (nSPS) is 20.4. The van der Waals surface area contributed by atoms with Gasteiger partial charge in [0.25, 0.3) is 0 Å². The number of nitrogens with zero attached hydrogens (tertiary/aromatic N) is 2. The molecule has 5 heteroatoms. The molecule has 1 aliphatic carbocycles. The Hall–Kier alpha value is -2.30. The average Bonchev–Trinajstić information content (AvgIpc) is 3.13. The number of nitrogens with one attached hydrogen (secondary N) is 2. The zero-order valence-corrected chi connectivity index (χ0v) is 11.4. The Labute approximate surface area is 118 Å². The minimum Gasteiger partial charge on any atom is -0.338 e. The summed E-state index contributed by atoms with van der Waals surface area (Å²) in [6, 6.07) is 10.3. The minimum absolute atomic E-state index is 0.170. The number of benzene rings is 1. The van der Waals surface area contributed by atoms with Crippen molar-refractivity contribution in [3.05, 3.63) is 48.3 Å². The summed E-state index contributed by atoms with van der Waals surface area (Å²) in [5.41, 5.74) is 2.08. The summed E-state index contributed by atoms with van der Waals surface area (Å²) in [5.74, 6) is 1.15. The SMILES string of the molecule is Cn1cc(NC(=O)NCC2CC2c2ccccc2)cn1. The van der Waals surface area contributed by atoms with Crippen LogP contribution in [0.15, 0.2) is 42.7 Å². The third kappa shape index (κ3) is 2.99. The molecule has 1 aromatic heterocycles. The van der Waals surface area contributed by atoms with Crippen LogP contribution in [0.3, 0.4) is 0 Å². The zero-order valence-electron chi connectivity index (χ0n) is 11.4. The van der Waals surface area contributed by atoms with Gasteiger partial charge < -0.3 is 10.6 Å². The predicted molar refractivity (Wildman–Crippen MR) is 77.5 cm³/mol. The van der Waals surface area contributed by atoms with Crippen molar-refractivity contribution in [2.24, 2.45) is 13.0 Å². The van der Waals surface area contributed by atoms with Crippen molar-refractivity contribution in [2.45, 2.75) is 12.3 Å². The van der Waals surface area contributed by atoms with E-state index < -0.39 is 0 Å². The Morgan fingerprint density at radius 3 is 2.90 bits per heavy atom. The van der Waals surface area contributed by atoms with Crippen LogP contribution in [0.5, 0.6) is 0 Å². The molecule has 0 saturated heterocycles. The first-order valence-electron chi connectivity index (χ1n) is 6.81. The van der Waals surface area contributed by atoms with Gasteiger partial charge in [-0.05, 0) is 23.8 Å². The van der Waals surface area contributed by atoms with Crippen molar-refractivity contribution in [3.8, 4) is 0 Å². The molecule has 0 aliphatic heterocycles. The molecule has 5 nitrogen and oxygen atoms in total. The van der Waals surface area contributed by atoms with Gasteiger partial charge in [-0.1, -0.05) is 30.3 Å². The van der Waals surface area contributed by atoms with Gasteiger partial charge in [-0.25, -0.2) is 4.79 Å². The van der Waals surface area contributed by atoms with Crippen molar-refractivity contribution in [2.75, 3.05) is 11.9 Å². The largest absolute Gasteiger partial charge is 0.338 e. The van der Waals surface area contributed by atoms with Gasteiger partial charge in [-0.3, -0.25) is 4.68 Å². The van der Waals surface area contributed by atoms with Crippen molar-refractivity contribution in [1.82, 2.24) is 15.1 Å². The van der Waals surface area contributed by atoms with Gasteiger partial charge in [0, 0.05) is 19.8 Å². The van der Waals surface area contributed by atoms with Gasteiger partial charge in [-0.15, -0.1) is 0 Å². The maximum absolute atomic E-state index is 11.7. The number of hydrogen-bond acceptors (Lipinski definition) is 2. The van der Waals surface area contributed by atoms with Crippen LogP contribution in [-0.2, 0) is 7.05 Å². The molecule has 104 valence electrons. The molecule has 3 rings (SSSR count). The molecule has 1 aromatic carbocycles. The Bertz CT molecular complexity index is 593. The molecule has 0 bridgehead atoms. The third-order valence-corrected chi connectivity index (χ3v) is 3.64. The second-order valence-electron chi connectivity index (χ2n) is 5.25. The van der Waals surface area contributed by atoms with E-state index in [4.69, 9.17) is 0 Å². The number of aryl methyl sites for hydroxylation is 1. The fourth-order valence-corrected chi connectivity index (χ4v) is 2.47. The van der Waals surface area contributed by atoms with Crippen LogP contribution in [0, 0.1) is 5.92 Å². The highest BCUT2D eigenvalue weighted by atomic mass is 16.2. The smallest absolute Gasteiger partial charge is 0.319 e. The summed E-state index contributed by atoms with van der Waals surface area (Å²) >= 11 is 0. The lowest BCUT2D eigenvalue weighted by Gasteiger charge is -2.05. The van der Waals surface area contributed by atoms with E-state index in [0.717, 1.165) is 6.42 Å². The van der Waals surface area contributed by atoms with E-state index in [-0.39, 0.29) is 6.03 Å². The molecule has 2 N–H and O–H groups in total. The van der Waals surface area contributed by atoms with Crippen LogP contribution in [0.1, 0.15) is 17.9 Å². The lowest BCUT2D eigenvalue weighted by Crippen LogP contribution is -2.30. The Kier molecular flexibility index (Phi) is 3.41. The highest BCUT2D eigenvalue weighted by Crippen LogP contribution is 2.46. The predicted octanol–water partition coefficient (Wildman–Crippen LogP) is 2.35. The number of aromatic nitrogens is 2. The molecule has 2 unspecified atom stereocenters. The summed E-state index contributed by atoms with van der Waals surface area (Å²) in [5, 5.41) is 9.69. The van der Waals surface area contributed by atoms with Gasteiger partial charge in [0.15, 0.2) is 0 Å². The molecule has 2 aromatic rings. The molecule has 1 saturated carbocycles. The first-order valence-corrected chi connectivity index (χ1v) is 6.81. The van der Waals surface area contributed by atoms with Crippen LogP contribution in [0.2, 0.25) is 0 Å². The summed E-state index contributed by atoms with van der Waals surface area (Å²) in [6.45, 7) is 0.714. The summed E-state index contributed by atoms with van der Waals surface area (Å²) < 4.78 is 1.65.